The lowest BCUT2D eigenvalue weighted by Crippen LogP contribution is -2.45. The van der Waals surface area contributed by atoms with Crippen LogP contribution in [0.25, 0.3) is 118 Å². The summed E-state index contributed by atoms with van der Waals surface area (Å²) in [6.45, 7) is 8.74. The first kappa shape index (κ1) is 40.7. The molecule has 67 heavy (non-hydrogen) atoms. The monoisotopic (exact) mass is 915 g/mol. The van der Waals surface area contributed by atoms with Crippen LogP contribution in [-0.4, -0.2) is 27.4 Å². The fraction of sp³-hybridized carbons (Fsp3) is 0.100. The van der Waals surface area contributed by atoms with Gasteiger partial charge in [0.05, 0.1) is 27.7 Å². The van der Waals surface area contributed by atoms with Crippen LogP contribution in [0.3, 0.4) is 0 Å². The van der Waals surface area contributed by atoms with E-state index in [2.05, 4.69) is 234 Å². The number of para-hydroxylation sites is 2. The minimum Gasteiger partial charge on any atom is -0.429 e. The Bertz CT molecular complexity index is 3870. The maximum Gasteiger partial charge on any atom is 0.330 e. The smallest absolute Gasteiger partial charge is 0.330 e. The summed E-state index contributed by atoms with van der Waals surface area (Å²) in [7, 11) is 4.95. The molecule has 1 radical (unpaired) electrons. The largest absolute Gasteiger partial charge is 0.429 e. The summed E-state index contributed by atoms with van der Waals surface area (Å²) in [4.78, 5) is 0. The second kappa shape index (κ2) is 15.3. The van der Waals surface area contributed by atoms with Crippen molar-refractivity contribution in [3.63, 3.8) is 0 Å². The number of rotatable bonds is 8. The van der Waals surface area contributed by atoms with E-state index in [1.54, 1.807) is 0 Å². The topological polar surface area (TPSA) is 19.1 Å². The number of hydrogen-bond acceptors (Lipinski definition) is 3. The van der Waals surface area contributed by atoms with Crippen molar-refractivity contribution in [2.45, 2.75) is 38.5 Å². The standard InChI is InChI=1S/C60H45BN2OPS2/c1-59(2,60(3,4)65)64-61-40-32-38(36-23-27-49-47(34-36)55-51(62(49)41-15-7-5-8-16-41)29-25-45-43-19-11-13-21-53(43)66-57(45)55)31-39(33-40)37-24-28-50-48(35-37)56-52(63(50)42-17-9-6-10-18-42)30-26-46-44-20-12-14-22-54(44)67-58(46)56/h5-35H,65H2,1-4H3. The van der Waals surface area contributed by atoms with E-state index in [1.807, 2.05) is 30.2 Å². The average Bonchev–Trinajstić information content (AvgIpc) is 4.10. The molecule has 7 heteroatoms. The van der Waals surface area contributed by atoms with Crippen LogP contribution in [0.15, 0.2) is 188 Å². The van der Waals surface area contributed by atoms with Gasteiger partial charge in [0.2, 0.25) is 0 Å². The van der Waals surface area contributed by atoms with Crippen LogP contribution in [0.4, 0.5) is 0 Å². The third kappa shape index (κ3) is 6.45. The van der Waals surface area contributed by atoms with Crippen molar-refractivity contribution in [3.05, 3.63) is 188 Å². The highest BCUT2D eigenvalue weighted by Gasteiger charge is 2.34. The van der Waals surface area contributed by atoms with E-state index in [4.69, 9.17) is 4.65 Å². The number of aromatic nitrogens is 2. The summed E-state index contributed by atoms with van der Waals surface area (Å²) in [5.74, 6) is 0. The zero-order valence-electron chi connectivity index (χ0n) is 37.7. The van der Waals surface area contributed by atoms with E-state index in [1.165, 1.54) is 84.0 Å². The summed E-state index contributed by atoms with van der Waals surface area (Å²) in [6, 6.07) is 69.5. The van der Waals surface area contributed by atoms with E-state index in [0.717, 1.165) is 39.1 Å². The lowest BCUT2D eigenvalue weighted by Gasteiger charge is -2.39. The maximum absolute atomic E-state index is 6.73. The molecule has 13 aromatic rings. The summed E-state index contributed by atoms with van der Waals surface area (Å²) < 4.78 is 16.9. The highest BCUT2D eigenvalue weighted by molar-refractivity contribution is 7.27. The first-order chi connectivity index (χ1) is 32.6. The molecule has 9 aromatic carbocycles. The molecule has 0 saturated heterocycles. The molecule has 0 amide bonds. The second-order valence-electron chi connectivity index (χ2n) is 19.0. The van der Waals surface area contributed by atoms with E-state index >= 15 is 0 Å². The quantitative estimate of drug-likeness (QED) is 0.110. The van der Waals surface area contributed by atoms with Gasteiger partial charge in [0, 0.05) is 78.4 Å². The molecule has 0 fully saturated rings. The summed E-state index contributed by atoms with van der Waals surface area (Å²) in [6.07, 6.45) is 0. The van der Waals surface area contributed by atoms with Gasteiger partial charge in [-0.3, -0.25) is 0 Å². The number of benzene rings is 9. The maximum atomic E-state index is 6.73. The van der Waals surface area contributed by atoms with Gasteiger partial charge < -0.3 is 13.8 Å². The van der Waals surface area contributed by atoms with Crippen LogP contribution < -0.4 is 5.46 Å². The Balaban J connectivity index is 1.05. The molecule has 3 nitrogen and oxygen atoms in total. The fourth-order valence-corrected chi connectivity index (χ4v) is 12.6. The highest BCUT2D eigenvalue weighted by atomic mass is 32.1. The minimum absolute atomic E-state index is 0.157. The molecular formula is C60H45BN2OPS2. The van der Waals surface area contributed by atoms with Gasteiger partial charge >= 0.3 is 7.48 Å². The lowest BCUT2D eigenvalue weighted by molar-refractivity contribution is 0.0841. The highest BCUT2D eigenvalue weighted by Crippen LogP contribution is 2.46. The molecule has 0 bridgehead atoms. The Morgan fingerprint density at radius 2 is 0.851 bits per heavy atom. The first-order valence-electron chi connectivity index (χ1n) is 22.9. The van der Waals surface area contributed by atoms with Crippen LogP contribution in [0.1, 0.15) is 27.7 Å². The molecule has 0 spiro atoms. The van der Waals surface area contributed by atoms with Crippen LogP contribution in [0, 0.1) is 0 Å². The normalized spacial score (nSPS) is 12.6. The molecule has 0 saturated carbocycles. The average molecular weight is 916 g/mol. The van der Waals surface area contributed by atoms with E-state index < -0.39 is 5.60 Å². The molecule has 1 atom stereocenters. The summed E-state index contributed by atoms with van der Waals surface area (Å²) >= 11 is 3.79. The molecule has 13 rings (SSSR count). The van der Waals surface area contributed by atoms with Crippen molar-refractivity contribution in [2.24, 2.45) is 0 Å². The number of fused-ring (bicyclic) bond motifs is 14. The Hall–Kier alpha value is -6.53. The lowest BCUT2D eigenvalue weighted by atomic mass is 9.81. The first-order valence-corrected chi connectivity index (χ1v) is 25.1. The zero-order valence-corrected chi connectivity index (χ0v) is 40.5. The van der Waals surface area contributed by atoms with Gasteiger partial charge in [-0.2, -0.15) is 0 Å². The van der Waals surface area contributed by atoms with E-state index in [0.29, 0.717) is 0 Å². The van der Waals surface area contributed by atoms with Gasteiger partial charge in [-0.25, -0.2) is 0 Å². The second-order valence-corrected chi connectivity index (χ2v) is 22.5. The van der Waals surface area contributed by atoms with Crippen LogP contribution in [0.5, 0.6) is 0 Å². The molecule has 0 aliphatic heterocycles. The predicted octanol–water partition coefficient (Wildman–Crippen LogP) is 16.6. The minimum atomic E-state index is -0.435. The van der Waals surface area contributed by atoms with Gasteiger partial charge in [0.1, 0.15) is 0 Å². The molecule has 1 unspecified atom stereocenters. The van der Waals surface area contributed by atoms with Gasteiger partial charge in [0.15, 0.2) is 0 Å². The third-order valence-corrected chi connectivity index (χ3v) is 17.3. The van der Waals surface area contributed by atoms with Gasteiger partial charge in [0.25, 0.3) is 0 Å². The van der Waals surface area contributed by atoms with Crippen molar-refractivity contribution in [1.82, 2.24) is 9.13 Å². The van der Waals surface area contributed by atoms with Crippen LogP contribution in [-0.2, 0) is 4.65 Å². The molecule has 0 aliphatic rings. The van der Waals surface area contributed by atoms with Crippen molar-refractivity contribution in [3.8, 4) is 33.6 Å². The molecular weight excluding hydrogens is 871 g/mol. The zero-order chi connectivity index (χ0) is 45.2. The number of thiophene rings is 2. The van der Waals surface area contributed by atoms with Crippen LogP contribution >= 0.6 is 31.9 Å². The van der Waals surface area contributed by atoms with Crippen molar-refractivity contribution >= 4 is 129 Å². The number of nitrogens with zero attached hydrogens (tertiary/aromatic N) is 2. The van der Waals surface area contributed by atoms with E-state index in [-0.39, 0.29) is 5.16 Å². The molecule has 4 heterocycles. The summed E-state index contributed by atoms with van der Waals surface area (Å²) in [5, 5.41) is 10.1. The van der Waals surface area contributed by atoms with Crippen molar-refractivity contribution < 1.29 is 4.65 Å². The van der Waals surface area contributed by atoms with E-state index in [9.17, 15) is 0 Å². The Kier molecular flexibility index (Phi) is 9.27. The Morgan fingerprint density at radius 1 is 0.418 bits per heavy atom. The molecule has 0 N–H and O–H groups in total. The number of hydrogen-bond donors (Lipinski definition) is 0. The predicted molar refractivity (Wildman–Crippen MR) is 296 cm³/mol. The SMILES string of the molecule is CC(C)(P)C(C)(C)O[B]c1cc(-c2ccc3c(c2)c2c4sc5ccccc5c4ccc2n3-c2ccccc2)cc(-c2ccc3c(c2)c2c4sc5ccccc5c4ccc2n3-c2ccccc2)c1. The Labute approximate surface area is 400 Å². The Morgan fingerprint density at radius 3 is 1.31 bits per heavy atom. The summed E-state index contributed by atoms with van der Waals surface area (Å²) in [5.41, 5.74) is 12.3. The molecule has 321 valence electrons. The van der Waals surface area contributed by atoms with Crippen molar-refractivity contribution in [2.75, 3.05) is 0 Å². The van der Waals surface area contributed by atoms with Gasteiger partial charge in [-0.1, -0.05) is 129 Å². The van der Waals surface area contributed by atoms with Gasteiger partial charge in [-0.05, 0) is 115 Å². The third-order valence-electron chi connectivity index (χ3n) is 14.2. The van der Waals surface area contributed by atoms with Crippen molar-refractivity contribution in [1.29, 1.82) is 0 Å². The molecule has 0 aliphatic carbocycles. The molecule has 4 aromatic heterocycles. The van der Waals surface area contributed by atoms with Gasteiger partial charge in [-0.15, -0.1) is 31.9 Å². The van der Waals surface area contributed by atoms with Crippen LogP contribution in [0.2, 0.25) is 0 Å². The fourth-order valence-electron chi connectivity index (χ4n) is 10.1.